The quantitative estimate of drug-likeness (QED) is 0.435. The maximum absolute atomic E-state index is 15.1. The summed E-state index contributed by atoms with van der Waals surface area (Å²) in [6.07, 6.45) is 11.4. The topological polar surface area (TPSA) is 113 Å². The van der Waals surface area contributed by atoms with Crippen molar-refractivity contribution in [3.8, 4) is 6.07 Å². The highest BCUT2D eigenvalue weighted by molar-refractivity contribution is 7.90. The summed E-state index contributed by atoms with van der Waals surface area (Å²) in [7, 11) is -3.83. The summed E-state index contributed by atoms with van der Waals surface area (Å²) in [5.41, 5.74) is 3.62. The normalized spacial score (nSPS) is 32.7. The van der Waals surface area contributed by atoms with E-state index in [2.05, 4.69) is 13.8 Å². The Balaban J connectivity index is 1.73. The molecule has 2 N–H and O–H groups in total. The van der Waals surface area contributed by atoms with Crippen LogP contribution in [0.4, 0.5) is 0 Å². The van der Waals surface area contributed by atoms with Gasteiger partial charge < -0.3 is 10.5 Å². The molecule has 4 fully saturated rings. The fourth-order valence-electron chi connectivity index (χ4n) is 8.40. The maximum Gasteiger partial charge on any atom is 0.341 e. The minimum Gasteiger partial charge on any atom is -0.458 e. The van der Waals surface area contributed by atoms with Crippen LogP contribution < -0.4 is 5.73 Å². The lowest BCUT2D eigenvalue weighted by molar-refractivity contribution is -0.156. The van der Waals surface area contributed by atoms with Gasteiger partial charge in [-0.3, -0.25) is 0 Å². The number of ether oxygens (including phenoxy) is 1. The van der Waals surface area contributed by atoms with E-state index in [1.807, 2.05) is 31.1 Å². The zero-order valence-electron chi connectivity index (χ0n) is 23.7. The van der Waals surface area contributed by atoms with E-state index in [-0.39, 0.29) is 29.8 Å². The molecule has 0 aliphatic heterocycles. The van der Waals surface area contributed by atoms with Crippen molar-refractivity contribution in [3.05, 3.63) is 0 Å². The fraction of sp³-hybridized carbons (Fsp3) is 0.931. The third kappa shape index (κ3) is 4.87. The van der Waals surface area contributed by atoms with E-state index < -0.39 is 37.8 Å². The Hall–Kier alpha value is -1.17. The molecule has 7 nitrogen and oxygen atoms in total. The molecule has 0 saturated heterocycles. The van der Waals surface area contributed by atoms with Gasteiger partial charge in [0.15, 0.2) is 0 Å². The second-order valence-corrected chi connectivity index (χ2v) is 16.3. The van der Waals surface area contributed by atoms with Crippen molar-refractivity contribution in [2.75, 3.05) is 0 Å². The third-order valence-corrected chi connectivity index (χ3v) is 13.3. The molecule has 4 saturated carbocycles. The number of nitrogens with zero attached hydrogens (tertiary/aromatic N) is 2. The van der Waals surface area contributed by atoms with Crippen molar-refractivity contribution in [2.24, 2.45) is 22.5 Å². The summed E-state index contributed by atoms with van der Waals surface area (Å²) in [6.45, 7) is 9.91. The molecule has 2 bridgehead atoms. The molecule has 210 valence electrons. The number of nitriles is 1. The van der Waals surface area contributed by atoms with Crippen LogP contribution in [0.5, 0.6) is 0 Å². The summed E-state index contributed by atoms with van der Waals surface area (Å²) in [6, 6.07) is 2.04. The van der Waals surface area contributed by atoms with Gasteiger partial charge in [-0.05, 0) is 68.1 Å². The molecule has 4 rings (SSSR count). The van der Waals surface area contributed by atoms with E-state index >= 15 is 8.42 Å². The smallest absolute Gasteiger partial charge is 0.341 e. The van der Waals surface area contributed by atoms with E-state index in [0.29, 0.717) is 12.8 Å². The van der Waals surface area contributed by atoms with Crippen molar-refractivity contribution in [1.29, 1.82) is 5.26 Å². The van der Waals surface area contributed by atoms with Gasteiger partial charge in [-0.2, -0.15) is 9.57 Å². The van der Waals surface area contributed by atoms with Gasteiger partial charge in [0.1, 0.15) is 10.9 Å². The molecule has 0 aromatic rings. The summed E-state index contributed by atoms with van der Waals surface area (Å²) in [5, 5.41) is 9.88. The second kappa shape index (κ2) is 10.1. The Morgan fingerprint density at radius 2 is 1.51 bits per heavy atom. The van der Waals surface area contributed by atoms with Crippen molar-refractivity contribution in [2.45, 2.75) is 153 Å². The number of esters is 1. The molecule has 0 aromatic heterocycles. The zero-order chi connectivity index (χ0) is 27.3. The lowest BCUT2D eigenvalue weighted by atomic mass is 9.80. The first kappa shape index (κ1) is 28.8. The van der Waals surface area contributed by atoms with Crippen molar-refractivity contribution >= 4 is 16.0 Å². The van der Waals surface area contributed by atoms with Crippen LogP contribution in [0.2, 0.25) is 0 Å². The number of rotatable bonds is 7. The number of sulfonamides is 1. The Kier molecular flexibility index (Phi) is 7.87. The summed E-state index contributed by atoms with van der Waals surface area (Å²) < 4.78 is 37.1. The van der Waals surface area contributed by atoms with Gasteiger partial charge in [-0.15, -0.1) is 0 Å². The molecule has 4 aliphatic carbocycles. The molecule has 0 aromatic carbocycles. The predicted octanol–water partition coefficient (Wildman–Crippen LogP) is 5.43. The molecule has 8 heteroatoms. The Labute approximate surface area is 224 Å². The molecule has 0 heterocycles. The molecule has 4 atom stereocenters. The molecule has 0 unspecified atom stereocenters. The summed E-state index contributed by atoms with van der Waals surface area (Å²) in [4.78, 5) is 13.5. The number of carbonyl (C=O) groups is 1. The highest BCUT2D eigenvalue weighted by Crippen LogP contribution is 2.65. The monoisotopic (exact) mass is 535 g/mol. The fourth-order valence-corrected chi connectivity index (χ4v) is 11.7. The Morgan fingerprint density at radius 1 is 1.00 bits per heavy atom. The molecular weight excluding hydrogens is 486 g/mol. The number of fused-ring (bicyclic) bond motifs is 2. The molecule has 0 amide bonds. The highest BCUT2D eigenvalue weighted by atomic mass is 32.2. The van der Waals surface area contributed by atoms with Gasteiger partial charge in [-0.25, -0.2) is 13.2 Å². The number of hydrogen-bond donors (Lipinski definition) is 1. The van der Waals surface area contributed by atoms with E-state index in [4.69, 9.17) is 10.5 Å². The summed E-state index contributed by atoms with van der Waals surface area (Å²) >= 11 is 0. The number of hydrogen-bond acceptors (Lipinski definition) is 6. The molecule has 37 heavy (non-hydrogen) atoms. The van der Waals surface area contributed by atoms with E-state index in [0.717, 1.165) is 70.6 Å². The SMILES string of the molecule is CC(C)(C)C[C@](N)(C#N)C(=O)O[C@@H]1C[C@H]2CC[C@]1(S(=O)(=O)N(C1CCCCC1)C1CCCCC1)C2(C)C. The van der Waals surface area contributed by atoms with Crippen LogP contribution in [0.1, 0.15) is 125 Å². The molecular formula is C29H49N3O4S. The Bertz CT molecular complexity index is 983. The van der Waals surface area contributed by atoms with Crippen LogP contribution in [-0.2, 0) is 19.6 Å². The van der Waals surface area contributed by atoms with Crippen molar-refractivity contribution < 1.29 is 17.9 Å². The van der Waals surface area contributed by atoms with Crippen LogP contribution in [-0.4, -0.2) is 47.2 Å². The number of carbonyl (C=O) groups excluding carboxylic acids is 1. The minimum absolute atomic E-state index is 0.0247. The van der Waals surface area contributed by atoms with Crippen LogP contribution in [0.3, 0.4) is 0 Å². The van der Waals surface area contributed by atoms with Crippen LogP contribution in [0, 0.1) is 28.1 Å². The first-order chi connectivity index (χ1) is 17.2. The van der Waals surface area contributed by atoms with Crippen LogP contribution in [0.25, 0.3) is 0 Å². The van der Waals surface area contributed by atoms with Gasteiger partial charge in [0.2, 0.25) is 15.6 Å². The Morgan fingerprint density at radius 3 is 1.95 bits per heavy atom. The largest absolute Gasteiger partial charge is 0.458 e. The van der Waals surface area contributed by atoms with Gasteiger partial charge in [0.25, 0.3) is 0 Å². The van der Waals surface area contributed by atoms with Crippen molar-refractivity contribution in [3.63, 3.8) is 0 Å². The maximum atomic E-state index is 15.1. The van der Waals surface area contributed by atoms with Gasteiger partial charge in [-0.1, -0.05) is 73.1 Å². The summed E-state index contributed by atoms with van der Waals surface area (Å²) in [5.74, 6) is -0.633. The van der Waals surface area contributed by atoms with E-state index in [1.54, 1.807) is 0 Å². The van der Waals surface area contributed by atoms with Gasteiger partial charge >= 0.3 is 5.97 Å². The predicted molar refractivity (Wildman–Crippen MR) is 145 cm³/mol. The van der Waals surface area contributed by atoms with Crippen LogP contribution in [0.15, 0.2) is 0 Å². The van der Waals surface area contributed by atoms with Gasteiger partial charge in [0.05, 0.1) is 6.07 Å². The molecule has 0 spiro atoms. The lowest BCUT2D eigenvalue weighted by Crippen LogP contribution is -2.64. The standard InChI is InChI=1S/C29H49N3O4S/c1-26(2,3)19-28(31,20-30)25(33)36-24-18-21-16-17-29(24,27(21,4)5)37(34,35)32(22-12-8-6-9-13-22)23-14-10-7-11-15-23/h21-24H,6-19,31H2,1-5H3/t21-,24-,28+,29-/m1/s1. The first-order valence-electron chi connectivity index (χ1n) is 14.6. The third-order valence-electron chi connectivity index (χ3n) is 10.2. The van der Waals surface area contributed by atoms with Crippen LogP contribution >= 0.6 is 0 Å². The van der Waals surface area contributed by atoms with Gasteiger partial charge in [0, 0.05) is 12.1 Å². The molecule has 0 radical (unpaired) electrons. The second-order valence-electron chi connectivity index (χ2n) is 14.2. The lowest BCUT2D eigenvalue weighted by Gasteiger charge is -2.49. The minimum atomic E-state index is -3.83. The highest BCUT2D eigenvalue weighted by Gasteiger charge is 2.74. The molecule has 4 aliphatic rings. The average molecular weight is 536 g/mol. The van der Waals surface area contributed by atoms with E-state index in [1.165, 1.54) is 0 Å². The first-order valence-corrected chi connectivity index (χ1v) is 16.1. The number of nitrogens with two attached hydrogens (primary N) is 1. The average Bonchev–Trinajstić information content (AvgIpc) is 3.22. The zero-order valence-corrected chi connectivity index (χ0v) is 24.5. The van der Waals surface area contributed by atoms with Crippen molar-refractivity contribution in [1.82, 2.24) is 4.31 Å². The van der Waals surface area contributed by atoms with E-state index in [9.17, 15) is 10.1 Å².